The van der Waals surface area contributed by atoms with Crippen molar-refractivity contribution in [3.8, 4) is 0 Å². The molecule has 4 aliphatic rings. The molecule has 0 aliphatic carbocycles. The Labute approximate surface area is 285 Å². The van der Waals surface area contributed by atoms with E-state index in [1.54, 1.807) is 31.4 Å². The van der Waals surface area contributed by atoms with Crippen LogP contribution in [0.4, 0.5) is 23.4 Å². The van der Waals surface area contributed by atoms with Crippen molar-refractivity contribution < 1.29 is 26.0 Å². The minimum Gasteiger partial charge on any atom is -0.363 e. The number of benzene rings is 1. The minimum absolute atomic E-state index is 0.00591. The first-order valence-electron chi connectivity index (χ1n) is 17.6. The van der Waals surface area contributed by atoms with Gasteiger partial charge in [-0.3, -0.25) is 9.36 Å². The van der Waals surface area contributed by atoms with E-state index in [0.717, 1.165) is 18.9 Å². The van der Waals surface area contributed by atoms with E-state index in [9.17, 15) is 13.2 Å². The average molecular weight is 706 g/mol. The monoisotopic (exact) mass is 705 g/mol. The van der Waals surface area contributed by atoms with E-state index < -0.39 is 44.8 Å². The predicted octanol–water partition coefficient (Wildman–Crippen LogP) is 7.20. The van der Waals surface area contributed by atoms with E-state index >= 15 is 17.6 Å². The molecule has 4 aliphatic heterocycles. The summed E-state index contributed by atoms with van der Waals surface area (Å²) in [6.45, 7) is 6.10. The predicted molar refractivity (Wildman–Crippen MR) is 183 cm³/mol. The van der Waals surface area contributed by atoms with Gasteiger partial charge in [0.25, 0.3) is 11.5 Å². The quantitative estimate of drug-likeness (QED) is 0.268. The zero-order valence-electron chi connectivity index (χ0n) is 28.6. The average Bonchev–Trinajstić information content (AvgIpc) is 3.03. The number of aryl methyl sites for hydroxylation is 2. The van der Waals surface area contributed by atoms with Gasteiger partial charge in [0.15, 0.2) is 0 Å². The highest BCUT2D eigenvalue weighted by atomic mass is 32.2. The molecule has 1 aromatic carbocycles. The van der Waals surface area contributed by atoms with Gasteiger partial charge in [0.2, 0.25) is 0 Å². The number of alkyl halides is 3. The lowest BCUT2D eigenvalue weighted by atomic mass is 9.84. The lowest BCUT2D eigenvalue weighted by molar-refractivity contribution is -0.0906. The van der Waals surface area contributed by atoms with Crippen molar-refractivity contribution in [3.63, 3.8) is 0 Å². The van der Waals surface area contributed by atoms with Crippen LogP contribution >= 0.6 is 0 Å². The molecule has 2 fully saturated rings. The van der Waals surface area contributed by atoms with Crippen molar-refractivity contribution in [2.45, 2.75) is 109 Å². The zero-order chi connectivity index (χ0) is 35.1. The van der Waals surface area contributed by atoms with Crippen LogP contribution in [0.25, 0.3) is 11.0 Å². The number of halogens is 4. The smallest absolute Gasteiger partial charge is 0.278 e. The second kappa shape index (κ2) is 13.9. The highest BCUT2D eigenvalue weighted by Gasteiger charge is 2.45. The van der Waals surface area contributed by atoms with Crippen LogP contribution in [0.3, 0.4) is 0 Å². The summed E-state index contributed by atoms with van der Waals surface area (Å²) in [7, 11) is -3.17. The molecule has 0 spiro atoms. The van der Waals surface area contributed by atoms with Gasteiger partial charge >= 0.3 is 0 Å². The van der Waals surface area contributed by atoms with Crippen LogP contribution in [0.15, 0.2) is 29.1 Å². The van der Waals surface area contributed by atoms with Gasteiger partial charge in [-0.25, -0.2) is 35.9 Å². The summed E-state index contributed by atoms with van der Waals surface area (Å²) >= 11 is 0. The third-order valence-corrected chi connectivity index (χ3v) is 12.5. The number of fused-ring (bicyclic) bond motifs is 10. The molecule has 7 rings (SSSR count). The van der Waals surface area contributed by atoms with Crippen molar-refractivity contribution in [2.24, 2.45) is 5.92 Å². The van der Waals surface area contributed by atoms with Gasteiger partial charge in [-0.1, -0.05) is 37.5 Å². The summed E-state index contributed by atoms with van der Waals surface area (Å²) < 4.78 is 89.9. The van der Waals surface area contributed by atoms with E-state index in [4.69, 9.17) is 0 Å². The van der Waals surface area contributed by atoms with E-state index in [-0.39, 0.29) is 47.9 Å². The largest absolute Gasteiger partial charge is 0.363 e. The number of rotatable bonds is 1. The minimum atomic E-state index is -3.42. The summed E-state index contributed by atoms with van der Waals surface area (Å²) in [5, 5.41) is 3.76. The van der Waals surface area contributed by atoms with Crippen LogP contribution in [0.2, 0.25) is 0 Å². The number of piperidine rings is 1. The molecule has 3 aromatic rings. The van der Waals surface area contributed by atoms with E-state index in [0.29, 0.717) is 80.0 Å². The molecule has 6 heterocycles. The highest BCUT2D eigenvalue weighted by molar-refractivity contribution is 7.91. The van der Waals surface area contributed by atoms with E-state index in [2.05, 4.69) is 15.3 Å². The molecule has 0 saturated carbocycles. The van der Waals surface area contributed by atoms with Crippen LogP contribution in [-0.2, 0) is 22.3 Å². The maximum absolute atomic E-state index is 16.1. The lowest BCUT2D eigenvalue weighted by Crippen LogP contribution is -2.45. The number of hydrogen-bond donors (Lipinski definition) is 1. The van der Waals surface area contributed by atoms with Crippen molar-refractivity contribution in [2.75, 3.05) is 36.5 Å². The maximum atomic E-state index is 16.1. The Hall–Kier alpha value is -3.06. The van der Waals surface area contributed by atoms with Crippen LogP contribution in [0.1, 0.15) is 106 Å². The van der Waals surface area contributed by atoms with Gasteiger partial charge in [-0.2, -0.15) is 0 Å². The second-order valence-corrected chi connectivity index (χ2v) is 17.0. The van der Waals surface area contributed by atoms with Gasteiger partial charge in [0.05, 0.1) is 28.5 Å². The number of hydrogen-bond acceptors (Lipinski definition) is 7. The van der Waals surface area contributed by atoms with Gasteiger partial charge < -0.3 is 10.2 Å². The summed E-state index contributed by atoms with van der Waals surface area (Å²) in [5.41, 5.74) is -1.43. The van der Waals surface area contributed by atoms with Crippen molar-refractivity contribution in [1.29, 1.82) is 0 Å². The van der Waals surface area contributed by atoms with Crippen LogP contribution in [-0.4, -0.2) is 64.7 Å². The summed E-state index contributed by atoms with van der Waals surface area (Å²) in [6.07, 6.45) is 4.10. The second-order valence-electron chi connectivity index (χ2n) is 14.7. The zero-order valence-corrected chi connectivity index (χ0v) is 29.4. The molecule has 268 valence electrons. The number of nitrogens with zero attached hydrogens (tertiary/aromatic N) is 4. The number of sulfone groups is 1. The normalized spacial score (nSPS) is 28.4. The van der Waals surface area contributed by atoms with Crippen LogP contribution in [0.5, 0.6) is 0 Å². The van der Waals surface area contributed by atoms with Gasteiger partial charge in [0.1, 0.15) is 38.6 Å². The third-order valence-electron chi connectivity index (χ3n) is 10.8. The molecule has 2 saturated heterocycles. The van der Waals surface area contributed by atoms with Gasteiger partial charge in [-0.15, -0.1) is 0 Å². The van der Waals surface area contributed by atoms with Crippen molar-refractivity contribution in [3.05, 3.63) is 63.0 Å². The summed E-state index contributed by atoms with van der Waals surface area (Å²) in [5.74, 6) is -5.05. The molecular formula is C36H47F4N5O3S. The first-order valence-corrected chi connectivity index (χ1v) is 19.4. The molecule has 8 nitrogen and oxygen atoms in total. The fraction of sp³-hybridized carbons (Fsp3) is 0.639. The van der Waals surface area contributed by atoms with E-state index in [1.165, 1.54) is 12.1 Å². The number of anilines is 1. The van der Waals surface area contributed by atoms with Crippen LogP contribution in [0, 0.1) is 18.7 Å². The van der Waals surface area contributed by atoms with Crippen LogP contribution < -0.4 is 10.9 Å². The molecule has 2 aromatic heterocycles. The fourth-order valence-electron chi connectivity index (χ4n) is 7.95. The third kappa shape index (κ3) is 7.67. The molecule has 1 N–H and O–H groups in total. The highest BCUT2D eigenvalue weighted by Crippen LogP contribution is 2.44. The summed E-state index contributed by atoms with van der Waals surface area (Å²) in [4.78, 5) is 25.2. The van der Waals surface area contributed by atoms with Gasteiger partial charge in [0, 0.05) is 30.1 Å². The van der Waals surface area contributed by atoms with Crippen molar-refractivity contribution >= 4 is 26.7 Å². The Kier molecular flexibility index (Phi) is 10.2. The Morgan fingerprint density at radius 1 is 0.939 bits per heavy atom. The molecule has 2 atom stereocenters. The molecule has 13 heteroatoms. The maximum Gasteiger partial charge on any atom is 0.278 e. The van der Waals surface area contributed by atoms with Crippen molar-refractivity contribution in [1.82, 2.24) is 19.4 Å². The number of aromatic nitrogens is 3. The SMILES string of the molecule is Cc1nc2c3cc(C4CCS(=O)(=O)CC4)c(=O)n(c3n1)CCCCCCC(C)(F)CN1CCC(CC1)C(F)(F)c1cccc(c1F)[C@@H](C)N2. The number of nitrogens with one attached hydrogen (secondary N) is 1. The molecule has 0 amide bonds. The topological polar surface area (TPSA) is 97.2 Å². The first-order chi connectivity index (χ1) is 23.1. The lowest BCUT2D eigenvalue weighted by Gasteiger charge is -2.38. The molecule has 0 radical (unpaired) electrons. The molecule has 8 bridgehead atoms. The standard InChI is InChI=1S/C36H47F4N5O3S/c1-23-27-9-8-10-30(31(27)37)36(39,40)26-11-17-44(18-12-26)22-35(3,38)15-6-4-5-7-16-45-33-29(32(41-23)42-24(2)43-33)21-28(34(45)46)25-13-19-49(47,48)20-14-25/h8-10,21,23,25-26H,4-7,11-20,22H2,1-3H3,(H,41,42,43)/t23-,35?/m1/s1. The fourth-order valence-corrected chi connectivity index (χ4v) is 9.44. The summed E-state index contributed by atoms with van der Waals surface area (Å²) in [6, 6.07) is 5.01. The Morgan fingerprint density at radius 3 is 2.35 bits per heavy atom. The van der Waals surface area contributed by atoms with E-state index in [1.807, 2.05) is 4.90 Å². The Morgan fingerprint density at radius 2 is 1.63 bits per heavy atom. The molecular weight excluding hydrogens is 658 g/mol. The Balaban J connectivity index is 1.43. The molecule has 1 unspecified atom stereocenters. The molecule has 49 heavy (non-hydrogen) atoms. The number of pyridine rings is 1. The van der Waals surface area contributed by atoms with Gasteiger partial charge in [-0.05, 0) is 84.4 Å². The first kappa shape index (κ1) is 35.8. The Bertz CT molecular complexity index is 1840.